The quantitative estimate of drug-likeness (QED) is 0.765. The molecule has 0 aromatic heterocycles. The second-order valence-electron chi connectivity index (χ2n) is 8.46. The van der Waals surface area contributed by atoms with Crippen LogP contribution in [0.5, 0.6) is 0 Å². The van der Waals surface area contributed by atoms with Gasteiger partial charge in [0.25, 0.3) is 11.8 Å². The molecular weight excluding hydrogens is 390 g/mol. The monoisotopic (exact) mass is 417 g/mol. The molecule has 3 amide bonds. The maximum Gasteiger partial charge on any atom is 0.282 e. The maximum absolute atomic E-state index is 13.6. The van der Waals surface area contributed by atoms with Crippen LogP contribution >= 0.6 is 0 Å². The van der Waals surface area contributed by atoms with Gasteiger partial charge in [-0.3, -0.25) is 14.4 Å². The van der Waals surface area contributed by atoms with Crippen molar-refractivity contribution in [3.8, 4) is 0 Å². The minimum atomic E-state index is -0.311. The number of rotatable bonds is 4. The third kappa shape index (κ3) is 4.10. The smallest absolute Gasteiger partial charge is 0.282 e. The molecule has 0 saturated carbocycles. The van der Waals surface area contributed by atoms with E-state index in [0.29, 0.717) is 28.6 Å². The van der Waals surface area contributed by atoms with Gasteiger partial charge in [0.15, 0.2) is 0 Å². The molecule has 1 unspecified atom stereocenters. The van der Waals surface area contributed by atoms with E-state index in [1.54, 1.807) is 24.3 Å². The first-order valence-electron chi connectivity index (χ1n) is 10.7. The highest BCUT2D eigenvalue weighted by molar-refractivity contribution is 6.45. The van der Waals surface area contributed by atoms with Gasteiger partial charge in [0.2, 0.25) is 5.91 Å². The molecule has 2 aromatic rings. The van der Waals surface area contributed by atoms with Crippen LogP contribution in [0, 0.1) is 12.8 Å². The highest BCUT2D eigenvalue weighted by atomic mass is 16.2. The molecule has 6 heteroatoms. The number of hydrogen-bond donors (Lipinski definition) is 1. The van der Waals surface area contributed by atoms with Crippen LogP contribution in [-0.4, -0.2) is 35.7 Å². The highest BCUT2D eigenvalue weighted by Crippen LogP contribution is 2.36. The number of benzene rings is 2. The molecule has 0 spiro atoms. The third-order valence-electron chi connectivity index (χ3n) is 5.82. The van der Waals surface area contributed by atoms with Gasteiger partial charge in [0, 0.05) is 25.7 Å². The van der Waals surface area contributed by atoms with E-state index in [1.807, 2.05) is 31.2 Å². The van der Waals surface area contributed by atoms with E-state index in [1.165, 1.54) is 11.8 Å². The van der Waals surface area contributed by atoms with Crippen LogP contribution in [0.25, 0.3) is 5.57 Å². The summed E-state index contributed by atoms with van der Waals surface area (Å²) in [6, 6.07) is 14.5. The number of imide groups is 1. The largest absolute Gasteiger partial charge is 0.366 e. The fraction of sp³-hybridized carbons (Fsp3) is 0.320. The summed E-state index contributed by atoms with van der Waals surface area (Å²) in [6.45, 7) is 7.14. The Hall–Kier alpha value is -3.41. The van der Waals surface area contributed by atoms with E-state index in [4.69, 9.17) is 0 Å². The van der Waals surface area contributed by atoms with Crippen molar-refractivity contribution < 1.29 is 14.4 Å². The fourth-order valence-corrected chi connectivity index (χ4v) is 4.32. The number of carbonyl (C=O) groups excluding carboxylic acids is 3. The number of likely N-dealkylation sites (tertiary alicyclic amines) is 1. The average Bonchev–Trinajstić information content (AvgIpc) is 2.99. The zero-order valence-corrected chi connectivity index (χ0v) is 18.1. The minimum absolute atomic E-state index is 0.175. The highest BCUT2D eigenvalue weighted by Gasteiger charge is 2.43. The molecule has 2 aliphatic rings. The molecule has 2 heterocycles. The lowest BCUT2D eigenvalue weighted by Gasteiger charge is -2.33. The summed E-state index contributed by atoms with van der Waals surface area (Å²) in [4.78, 5) is 41.7. The van der Waals surface area contributed by atoms with Crippen LogP contribution in [0.2, 0.25) is 0 Å². The lowest BCUT2D eigenvalue weighted by Crippen LogP contribution is -2.39. The van der Waals surface area contributed by atoms with Crippen molar-refractivity contribution in [2.45, 2.75) is 33.6 Å². The molecule has 1 atom stereocenters. The summed E-state index contributed by atoms with van der Waals surface area (Å²) in [5, 5.41) is 2.70. The van der Waals surface area contributed by atoms with Gasteiger partial charge in [0.05, 0.1) is 11.3 Å². The molecule has 0 radical (unpaired) electrons. The summed E-state index contributed by atoms with van der Waals surface area (Å²) in [6.07, 6.45) is 2.12. The van der Waals surface area contributed by atoms with E-state index >= 15 is 0 Å². The van der Waals surface area contributed by atoms with Crippen LogP contribution in [-0.2, 0) is 14.4 Å². The van der Waals surface area contributed by atoms with Crippen LogP contribution in [0.1, 0.15) is 37.8 Å². The van der Waals surface area contributed by atoms with E-state index in [9.17, 15) is 14.4 Å². The Balaban J connectivity index is 1.74. The van der Waals surface area contributed by atoms with Crippen LogP contribution in [0.15, 0.2) is 54.2 Å². The van der Waals surface area contributed by atoms with Gasteiger partial charge >= 0.3 is 0 Å². The van der Waals surface area contributed by atoms with Crippen LogP contribution in [0.3, 0.4) is 0 Å². The van der Waals surface area contributed by atoms with Gasteiger partial charge in [-0.15, -0.1) is 0 Å². The predicted molar refractivity (Wildman–Crippen MR) is 121 cm³/mol. The summed E-state index contributed by atoms with van der Waals surface area (Å²) in [5.41, 5.74) is 3.92. The molecule has 160 valence electrons. The fourth-order valence-electron chi connectivity index (χ4n) is 4.32. The van der Waals surface area contributed by atoms with Crippen molar-refractivity contribution in [3.05, 3.63) is 65.4 Å². The number of carbonyl (C=O) groups is 3. The number of aryl methyl sites for hydroxylation is 1. The van der Waals surface area contributed by atoms with Crippen molar-refractivity contribution in [1.82, 2.24) is 4.90 Å². The number of piperidine rings is 1. The topological polar surface area (TPSA) is 69.7 Å². The normalized spacial score (nSPS) is 19.3. The third-order valence-corrected chi connectivity index (χ3v) is 5.82. The first-order valence-corrected chi connectivity index (χ1v) is 10.7. The zero-order chi connectivity index (χ0) is 22.1. The molecule has 2 aromatic carbocycles. The van der Waals surface area contributed by atoms with Gasteiger partial charge < -0.3 is 10.2 Å². The van der Waals surface area contributed by atoms with Crippen molar-refractivity contribution in [3.63, 3.8) is 0 Å². The molecule has 0 aliphatic carbocycles. The first kappa shape index (κ1) is 20.8. The van der Waals surface area contributed by atoms with Crippen molar-refractivity contribution in [2.75, 3.05) is 23.3 Å². The Bertz CT molecular complexity index is 1050. The number of anilines is 2. The number of amides is 3. The molecule has 31 heavy (non-hydrogen) atoms. The van der Waals surface area contributed by atoms with Gasteiger partial charge in [0.1, 0.15) is 5.70 Å². The molecule has 2 aliphatic heterocycles. The summed E-state index contributed by atoms with van der Waals surface area (Å²) >= 11 is 0. The van der Waals surface area contributed by atoms with Gasteiger partial charge in [-0.05, 0) is 55.5 Å². The molecular formula is C25H27N3O3. The lowest BCUT2D eigenvalue weighted by atomic mass is 9.97. The molecule has 6 nitrogen and oxygen atoms in total. The van der Waals surface area contributed by atoms with E-state index in [-0.39, 0.29) is 17.7 Å². The molecule has 4 rings (SSSR count). The van der Waals surface area contributed by atoms with Gasteiger partial charge in [-0.1, -0.05) is 36.8 Å². The summed E-state index contributed by atoms with van der Waals surface area (Å²) < 4.78 is 0. The Morgan fingerprint density at radius 1 is 1.00 bits per heavy atom. The molecule has 1 N–H and O–H groups in total. The van der Waals surface area contributed by atoms with Crippen LogP contribution < -0.4 is 10.2 Å². The predicted octanol–water partition coefficient (Wildman–Crippen LogP) is 3.97. The van der Waals surface area contributed by atoms with Gasteiger partial charge in [-0.2, -0.15) is 0 Å². The van der Waals surface area contributed by atoms with Gasteiger partial charge in [-0.25, -0.2) is 4.90 Å². The maximum atomic E-state index is 13.6. The number of nitrogens with one attached hydrogen (secondary N) is 1. The lowest BCUT2D eigenvalue weighted by molar-refractivity contribution is -0.121. The van der Waals surface area contributed by atoms with Crippen molar-refractivity contribution in [2.24, 2.45) is 5.92 Å². The SMILES string of the molecule is CC(=O)Nc1ccc(N2C(=O)C(c3ccc(C)cc3)=C(N3CCCC(C)C3)C2=O)cc1. The van der Waals surface area contributed by atoms with E-state index in [0.717, 1.165) is 37.1 Å². The zero-order valence-electron chi connectivity index (χ0n) is 18.1. The molecule has 1 saturated heterocycles. The Labute approximate surface area is 182 Å². The first-order chi connectivity index (χ1) is 14.8. The average molecular weight is 418 g/mol. The second kappa shape index (κ2) is 8.38. The number of nitrogens with zero attached hydrogens (tertiary/aromatic N) is 2. The van der Waals surface area contributed by atoms with Crippen molar-refractivity contribution >= 4 is 34.7 Å². The Morgan fingerprint density at radius 3 is 2.29 bits per heavy atom. The van der Waals surface area contributed by atoms with E-state index in [2.05, 4.69) is 17.1 Å². The standard InChI is InChI=1S/C25H27N3O3/c1-16-6-8-19(9-7-16)22-23(27-14-4-5-17(2)15-27)25(31)28(24(22)30)21-12-10-20(11-13-21)26-18(3)29/h6-13,17H,4-5,14-15H2,1-3H3,(H,26,29). The molecule has 1 fully saturated rings. The second-order valence-corrected chi connectivity index (χ2v) is 8.46. The Kier molecular flexibility index (Phi) is 5.63. The molecule has 0 bridgehead atoms. The summed E-state index contributed by atoms with van der Waals surface area (Å²) in [5.74, 6) is -0.309. The van der Waals surface area contributed by atoms with Crippen LogP contribution in [0.4, 0.5) is 11.4 Å². The van der Waals surface area contributed by atoms with Crippen molar-refractivity contribution in [1.29, 1.82) is 0 Å². The summed E-state index contributed by atoms with van der Waals surface area (Å²) in [7, 11) is 0. The number of hydrogen-bond acceptors (Lipinski definition) is 4. The van der Waals surface area contributed by atoms with E-state index < -0.39 is 0 Å². The Morgan fingerprint density at radius 2 is 1.68 bits per heavy atom. The minimum Gasteiger partial charge on any atom is -0.366 e.